The normalized spacial score (nSPS) is 17.9. The van der Waals surface area contributed by atoms with E-state index in [1.54, 1.807) is 0 Å². The highest BCUT2D eigenvalue weighted by molar-refractivity contribution is 5.89. The number of aliphatic carboxylic acids is 3. The third-order valence-corrected chi connectivity index (χ3v) is 6.78. The van der Waals surface area contributed by atoms with Crippen LogP contribution in [0.3, 0.4) is 0 Å². The van der Waals surface area contributed by atoms with E-state index < -0.39 is 53.6 Å². The Morgan fingerprint density at radius 2 is 1.39 bits per heavy atom. The van der Waals surface area contributed by atoms with Crippen molar-refractivity contribution in [3.05, 3.63) is 0 Å². The highest BCUT2D eigenvalue weighted by Crippen LogP contribution is 2.28. The lowest BCUT2D eigenvalue weighted by molar-refractivity contribution is -0.143. The second-order valence-electron chi connectivity index (χ2n) is 10.0. The summed E-state index contributed by atoms with van der Waals surface area (Å²) in [6, 6.07) is -2.46. The van der Waals surface area contributed by atoms with Gasteiger partial charge in [0.05, 0.1) is 6.61 Å². The predicted molar refractivity (Wildman–Crippen MR) is 142 cm³/mol. The van der Waals surface area contributed by atoms with E-state index in [0.29, 0.717) is 32.2 Å². The maximum Gasteiger partial charge on any atom is 0.326 e. The molecule has 1 saturated carbocycles. The van der Waals surface area contributed by atoms with Crippen molar-refractivity contribution in [2.75, 3.05) is 26.8 Å². The molecule has 1 fully saturated rings. The first kappa shape index (κ1) is 35.3. The van der Waals surface area contributed by atoms with Crippen LogP contribution in [0.25, 0.3) is 0 Å². The molecule has 0 aliphatic heterocycles. The Bertz CT molecular complexity index is 919. The number of ether oxygens (including phenoxy) is 1. The summed E-state index contributed by atoms with van der Waals surface area (Å²) >= 11 is 0. The third-order valence-electron chi connectivity index (χ3n) is 6.78. The molecule has 1 aliphatic carbocycles. The Kier molecular flexibility index (Phi) is 16.6. The van der Waals surface area contributed by atoms with Crippen LogP contribution in [-0.2, 0) is 38.3 Å². The molecule has 0 aromatic carbocycles. The van der Waals surface area contributed by atoms with Gasteiger partial charge in [-0.15, -0.1) is 0 Å². The van der Waals surface area contributed by atoms with E-state index in [4.69, 9.17) is 14.9 Å². The standard InChI is InChI=1S/C26H42N4O11/c1-41-14-13-27-25(38)18(10-12-23(35)36)29-21(32)11-9-19(26(39)40)30-24(37)17-7-5-16(6-8-17)15-28-20(31)3-2-4-22(33)34/h16-19H,2-15H2,1H3,(H,27,38)(H,28,31)(H,29,32)(H,30,37)(H,33,34)(H,35,36)(H,39,40)/t16-,17-,18-,19-/m0/s1. The van der Waals surface area contributed by atoms with Crippen LogP contribution in [0.1, 0.15) is 70.6 Å². The van der Waals surface area contributed by atoms with Crippen molar-refractivity contribution < 1.29 is 53.6 Å². The van der Waals surface area contributed by atoms with Crippen LogP contribution in [0.5, 0.6) is 0 Å². The van der Waals surface area contributed by atoms with Crippen LogP contribution in [0, 0.1) is 11.8 Å². The Labute approximate surface area is 238 Å². The zero-order valence-corrected chi connectivity index (χ0v) is 23.3. The van der Waals surface area contributed by atoms with E-state index in [1.165, 1.54) is 7.11 Å². The molecular weight excluding hydrogens is 544 g/mol. The second kappa shape index (κ2) is 19.3. The maximum atomic E-state index is 12.7. The van der Waals surface area contributed by atoms with Crippen molar-refractivity contribution in [1.82, 2.24) is 21.3 Å². The SMILES string of the molecule is COCCNC(=O)[C@H](CCC(=O)O)NC(=O)CC[C@H](NC(=O)[C@H]1CC[C@H](CNC(=O)CCCC(=O)O)CC1)C(=O)O. The largest absolute Gasteiger partial charge is 0.481 e. The molecule has 0 aromatic rings. The Morgan fingerprint density at radius 1 is 0.756 bits per heavy atom. The summed E-state index contributed by atoms with van der Waals surface area (Å²) in [7, 11) is 1.44. The van der Waals surface area contributed by atoms with E-state index in [0.717, 1.165) is 0 Å². The topological polar surface area (TPSA) is 238 Å². The number of amides is 4. The fraction of sp³-hybridized carbons (Fsp3) is 0.731. The number of carbonyl (C=O) groups excluding carboxylic acids is 4. The lowest BCUT2D eigenvalue weighted by Crippen LogP contribution is -2.48. The van der Waals surface area contributed by atoms with E-state index in [2.05, 4.69) is 21.3 Å². The minimum absolute atomic E-state index is 0.0740. The van der Waals surface area contributed by atoms with E-state index in [1.807, 2.05) is 0 Å². The van der Waals surface area contributed by atoms with Gasteiger partial charge in [0, 0.05) is 51.8 Å². The summed E-state index contributed by atoms with van der Waals surface area (Å²) < 4.78 is 4.84. The van der Waals surface area contributed by atoms with E-state index in [9.17, 15) is 38.7 Å². The average molecular weight is 587 g/mol. The highest BCUT2D eigenvalue weighted by Gasteiger charge is 2.30. The molecule has 2 atom stereocenters. The lowest BCUT2D eigenvalue weighted by atomic mass is 9.81. The monoisotopic (exact) mass is 586 g/mol. The van der Waals surface area contributed by atoms with Crippen LogP contribution in [0.15, 0.2) is 0 Å². The van der Waals surface area contributed by atoms with Crippen molar-refractivity contribution in [3.63, 3.8) is 0 Å². The molecule has 0 aromatic heterocycles. The van der Waals surface area contributed by atoms with Crippen LogP contribution in [0.4, 0.5) is 0 Å². The quantitative estimate of drug-likeness (QED) is 0.0908. The maximum absolute atomic E-state index is 12.7. The number of nitrogens with one attached hydrogen (secondary N) is 4. The van der Waals surface area contributed by atoms with Crippen LogP contribution in [0.2, 0.25) is 0 Å². The molecule has 15 nitrogen and oxygen atoms in total. The van der Waals surface area contributed by atoms with Crippen molar-refractivity contribution in [2.45, 2.75) is 82.7 Å². The number of methoxy groups -OCH3 is 1. The first-order chi connectivity index (χ1) is 19.4. The van der Waals surface area contributed by atoms with Gasteiger partial charge in [-0.25, -0.2) is 4.79 Å². The van der Waals surface area contributed by atoms with Gasteiger partial charge in [0.15, 0.2) is 0 Å². The molecule has 15 heteroatoms. The molecule has 0 saturated heterocycles. The fourth-order valence-corrected chi connectivity index (χ4v) is 4.40. The van der Waals surface area contributed by atoms with Crippen LogP contribution in [-0.4, -0.2) is 95.7 Å². The zero-order valence-electron chi connectivity index (χ0n) is 23.3. The second-order valence-corrected chi connectivity index (χ2v) is 10.0. The van der Waals surface area contributed by atoms with Gasteiger partial charge in [-0.05, 0) is 50.9 Å². The van der Waals surface area contributed by atoms with Gasteiger partial charge in [0.25, 0.3) is 0 Å². The molecule has 0 heterocycles. The van der Waals surface area contributed by atoms with Crippen LogP contribution >= 0.6 is 0 Å². The van der Waals surface area contributed by atoms with Gasteiger partial charge >= 0.3 is 17.9 Å². The van der Waals surface area contributed by atoms with Gasteiger partial charge in [0.1, 0.15) is 12.1 Å². The smallest absolute Gasteiger partial charge is 0.326 e. The fourth-order valence-electron chi connectivity index (χ4n) is 4.40. The highest BCUT2D eigenvalue weighted by atomic mass is 16.5. The minimum atomic E-state index is -1.33. The van der Waals surface area contributed by atoms with Crippen molar-refractivity contribution in [1.29, 1.82) is 0 Å². The number of carbonyl (C=O) groups is 7. The number of carboxylic acids is 3. The molecule has 7 N–H and O–H groups in total. The Hall–Kier alpha value is -3.75. The molecule has 0 bridgehead atoms. The molecule has 0 radical (unpaired) electrons. The van der Waals surface area contributed by atoms with Gasteiger partial charge in [-0.3, -0.25) is 28.8 Å². The van der Waals surface area contributed by atoms with Crippen molar-refractivity contribution in [2.24, 2.45) is 11.8 Å². The Morgan fingerprint density at radius 3 is 1.98 bits per heavy atom. The molecule has 1 rings (SSSR count). The van der Waals surface area contributed by atoms with E-state index in [-0.39, 0.29) is 69.9 Å². The zero-order chi connectivity index (χ0) is 30.8. The van der Waals surface area contributed by atoms with Gasteiger partial charge in [0.2, 0.25) is 23.6 Å². The Balaban J connectivity index is 2.50. The van der Waals surface area contributed by atoms with Gasteiger partial charge in [-0.1, -0.05) is 0 Å². The summed E-state index contributed by atoms with van der Waals surface area (Å²) in [4.78, 5) is 82.6. The molecule has 0 unspecified atom stereocenters. The summed E-state index contributed by atoms with van der Waals surface area (Å²) in [6.45, 7) is 0.803. The lowest BCUT2D eigenvalue weighted by Gasteiger charge is -2.28. The number of rotatable bonds is 20. The van der Waals surface area contributed by atoms with Crippen molar-refractivity contribution in [3.8, 4) is 0 Å². The first-order valence-electron chi connectivity index (χ1n) is 13.7. The van der Waals surface area contributed by atoms with Gasteiger partial charge in [-0.2, -0.15) is 0 Å². The summed E-state index contributed by atoms with van der Waals surface area (Å²) in [5, 5.41) is 37.3. The molecular formula is C26H42N4O11. The minimum Gasteiger partial charge on any atom is -0.481 e. The predicted octanol–water partition coefficient (Wildman–Crippen LogP) is -0.374. The number of hydrogen-bond donors (Lipinski definition) is 7. The molecule has 41 heavy (non-hydrogen) atoms. The van der Waals surface area contributed by atoms with Crippen molar-refractivity contribution >= 4 is 41.5 Å². The molecule has 232 valence electrons. The van der Waals surface area contributed by atoms with E-state index >= 15 is 0 Å². The number of carboxylic acid groups (broad SMARTS) is 3. The molecule has 1 aliphatic rings. The number of hydrogen-bond acceptors (Lipinski definition) is 8. The summed E-state index contributed by atoms with van der Waals surface area (Å²) in [5.41, 5.74) is 0. The molecule has 4 amide bonds. The summed E-state index contributed by atoms with van der Waals surface area (Å²) in [5.74, 6) is -5.58. The molecule has 0 spiro atoms. The van der Waals surface area contributed by atoms with Gasteiger partial charge < -0.3 is 41.3 Å². The average Bonchev–Trinajstić information content (AvgIpc) is 2.91. The summed E-state index contributed by atoms with van der Waals surface area (Å²) in [6.07, 6.45) is 1.56. The third kappa shape index (κ3) is 15.6. The van der Waals surface area contributed by atoms with Crippen LogP contribution < -0.4 is 21.3 Å². The first-order valence-corrected chi connectivity index (χ1v) is 13.7.